The lowest BCUT2D eigenvalue weighted by Crippen LogP contribution is -2.25. The standard InChI is InChI=1S/C9H11NO4/c10-5-6-3-1-2-4-7(6)14-9(13)8(11)12/h1-4,8,11-12H,5,10H2. The van der Waals surface area contributed by atoms with Crippen molar-refractivity contribution in [3.63, 3.8) is 0 Å². The third-order valence-electron chi connectivity index (χ3n) is 1.61. The Morgan fingerprint density at radius 1 is 1.43 bits per heavy atom. The zero-order chi connectivity index (χ0) is 10.6. The van der Waals surface area contributed by atoms with Crippen LogP contribution in [0, 0.1) is 0 Å². The van der Waals surface area contributed by atoms with Gasteiger partial charge in [-0.05, 0) is 6.07 Å². The average molecular weight is 197 g/mol. The summed E-state index contributed by atoms with van der Waals surface area (Å²) in [7, 11) is 0. The van der Waals surface area contributed by atoms with Crippen molar-refractivity contribution in [2.24, 2.45) is 5.73 Å². The molecule has 0 saturated carbocycles. The molecule has 0 bridgehead atoms. The van der Waals surface area contributed by atoms with Crippen molar-refractivity contribution < 1.29 is 19.7 Å². The van der Waals surface area contributed by atoms with E-state index in [9.17, 15) is 4.79 Å². The van der Waals surface area contributed by atoms with Gasteiger partial charge in [0.25, 0.3) is 6.29 Å². The highest BCUT2D eigenvalue weighted by molar-refractivity contribution is 5.75. The summed E-state index contributed by atoms with van der Waals surface area (Å²) in [5.74, 6) is -0.876. The number of rotatable bonds is 3. The monoisotopic (exact) mass is 197 g/mol. The molecule has 4 N–H and O–H groups in total. The SMILES string of the molecule is NCc1ccccc1OC(=O)C(O)O. The highest BCUT2D eigenvalue weighted by atomic mass is 16.6. The van der Waals surface area contributed by atoms with Gasteiger partial charge in [0.1, 0.15) is 5.75 Å². The molecule has 0 heterocycles. The highest BCUT2D eigenvalue weighted by Gasteiger charge is 2.14. The fourth-order valence-electron chi connectivity index (χ4n) is 0.933. The first-order valence-electron chi connectivity index (χ1n) is 4.01. The summed E-state index contributed by atoms with van der Waals surface area (Å²) in [6.07, 6.45) is -2.12. The van der Waals surface area contributed by atoms with Crippen LogP contribution in [0.3, 0.4) is 0 Å². The largest absolute Gasteiger partial charge is 0.422 e. The second kappa shape index (κ2) is 4.71. The molecule has 0 spiro atoms. The minimum Gasteiger partial charge on any atom is -0.422 e. The van der Waals surface area contributed by atoms with Crippen LogP contribution in [-0.4, -0.2) is 22.5 Å². The molecule has 0 aliphatic rings. The summed E-state index contributed by atoms with van der Waals surface area (Å²) in [4.78, 5) is 10.8. The number of hydrogen-bond acceptors (Lipinski definition) is 5. The molecule has 0 aliphatic heterocycles. The van der Waals surface area contributed by atoms with Gasteiger partial charge < -0.3 is 20.7 Å². The predicted octanol–water partition coefficient (Wildman–Crippen LogP) is -0.639. The fraction of sp³-hybridized carbons (Fsp3) is 0.222. The number of aliphatic hydroxyl groups is 2. The maximum atomic E-state index is 10.8. The molecular formula is C9H11NO4. The van der Waals surface area contributed by atoms with Gasteiger partial charge in [-0.1, -0.05) is 18.2 Å². The minimum atomic E-state index is -2.12. The van der Waals surface area contributed by atoms with Crippen molar-refractivity contribution in [3.8, 4) is 5.75 Å². The Labute approximate surface area is 80.7 Å². The molecule has 0 fully saturated rings. The molecule has 1 rings (SSSR count). The zero-order valence-corrected chi connectivity index (χ0v) is 7.38. The third kappa shape index (κ3) is 2.53. The maximum Gasteiger partial charge on any atom is 0.368 e. The molecule has 0 amide bonds. The zero-order valence-electron chi connectivity index (χ0n) is 7.38. The van der Waals surface area contributed by atoms with Crippen LogP contribution in [0.4, 0.5) is 0 Å². The van der Waals surface area contributed by atoms with Crippen molar-refractivity contribution in [1.82, 2.24) is 0 Å². The van der Waals surface area contributed by atoms with Crippen LogP contribution < -0.4 is 10.5 Å². The molecule has 0 unspecified atom stereocenters. The van der Waals surface area contributed by atoms with Gasteiger partial charge in [0.2, 0.25) is 0 Å². The smallest absolute Gasteiger partial charge is 0.368 e. The van der Waals surface area contributed by atoms with Gasteiger partial charge in [-0.15, -0.1) is 0 Å². The first-order chi connectivity index (χ1) is 6.65. The number of carbonyl (C=O) groups is 1. The number of ether oxygens (including phenoxy) is 1. The van der Waals surface area contributed by atoms with E-state index in [1.807, 2.05) is 0 Å². The van der Waals surface area contributed by atoms with Gasteiger partial charge in [0, 0.05) is 12.1 Å². The highest BCUT2D eigenvalue weighted by Crippen LogP contribution is 2.17. The Morgan fingerprint density at radius 3 is 2.64 bits per heavy atom. The number of carbonyl (C=O) groups excluding carboxylic acids is 1. The Bertz CT molecular complexity index is 324. The molecule has 5 nitrogen and oxygen atoms in total. The van der Waals surface area contributed by atoms with E-state index in [1.54, 1.807) is 18.2 Å². The lowest BCUT2D eigenvalue weighted by Gasteiger charge is -2.08. The van der Waals surface area contributed by atoms with E-state index in [0.29, 0.717) is 5.56 Å². The Balaban J connectivity index is 2.80. The van der Waals surface area contributed by atoms with Gasteiger partial charge in [-0.3, -0.25) is 0 Å². The first-order valence-corrected chi connectivity index (χ1v) is 4.01. The third-order valence-corrected chi connectivity index (χ3v) is 1.61. The fourth-order valence-corrected chi connectivity index (χ4v) is 0.933. The number of para-hydroxylation sites is 1. The maximum absolute atomic E-state index is 10.8. The second-order valence-corrected chi connectivity index (χ2v) is 2.61. The Hall–Kier alpha value is -1.43. The van der Waals surface area contributed by atoms with E-state index in [2.05, 4.69) is 4.74 Å². The number of hydrogen-bond donors (Lipinski definition) is 3. The van der Waals surface area contributed by atoms with Crippen LogP contribution in [0.25, 0.3) is 0 Å². The van der Waals surface area contributed by atoms with Crippen molar-refractivity contribution in [2.45, 2.75) is 12.8 Å². The van der Waals surface area contributed by atoms with Crippen LogP contribution >= 0.6 is 0 Å². The number of aliphatic hydroxyl groups excluding tert-OH is 1. The number of esters is 1. The average Bonchev–Trinajstić information content (AvgIpc) is 2.18. The van der Waals surface area contributed by atoms with E-state index >= 15 is 0 Å². The van der Waals surface area contributed by atoms with Crippen LogP contribution in [0.2, 0.25) is 0 Å². The van der Waals surface area contributed by atoms with Crippen molar-refractivity contribution in [2.75, 3.05) is 0 Å². The predicted molar refractivity (Wildman–Crippen MR) is 48.2 cm³/mol. The van der Waals surface area contributed by atoms with E-state index in [1.165, 1.54) is 6.07 Å². The summed E-state index contributed by atoms with van der Waals surface area (Å²) in [6, 6.07) is 6.62. The van der Waals surface area contributed by atoms with Crippen molar-refractivity contribution in [1.29, 1.82) is 0 Å². The molecule has 0 radical (unpaired) electrons. The van der Waals surface area contributed by atoms with E-state index in [4.69, 9.17) is 15.9 Å². The van der Waals surface area contributed by atoms with Crippen LogP contribution in [-0.2, 0) is 11.3 Å². The molecule has 1 aromatic carbocycles. The number of nitrogens with two attached hydrogens (primary N) is 1. The summed E-state index contributed by atoms with van der Waals surface area (Å²) in [6.45, 7) is 0.213. The van der Waals surface area contributed by atoms with Crippen LogP contribution in [0.15, 0.2) is 24.3 Å². The normalized spacial score (nSPS) is 10.3. The molecular weight excluding hydrogens is 186 g/mol. The number of benzene rings is 1. The minimum absolute atomic E-state index is 0.213. The van der Waals surface area contributed by atoms with Gasteiger partial charge in [-0.25, -0.2) is 4.79 Å². The summed E-state index contributed by atoms with van der Waals surface area (Å²) in [5.41, 5.74) is 6.01. The molecule has 0 saturated heterocycles. The molecule has 0 atom stereocenters. The van der Waals surface area contributed by atoms with Gasteiger partial charge in [0.05, 0.1) is 0 Å². The topological polar surface area (TPSA) is 92.8 Å². The molecule has 76 valence electrons. The van der Waals surface area contributed by atoms with E-state index in [-0.39, 0.29) is 12.3 Å². The van der Waals surface area contributed by atoms with Crippen LogP contribution in [0.1, 0.15) is 5.56 Å². The Morgan fingerprint density at radius 2 is 2.07 bits per heavy atom. The molecule has 0 aromatic heterocycles. The van der Waals surface area contributed by atoms with E-state index in [0.717, 1.165) is 0 Å². The molecule has 5 heteroatoms. The van der Waals surface area contributed by atoms with Gasteiger partial charge >= 0.3 is 5.97 Å². The molecule has 14 heavy (non-hydrogen) atoms. The molecule has 0 aliphatic carbocycles. The van der Waals surface area contributed by atoms with Crippen LogP contribution in [0.5, 0.6) is 5.75 Å². The van der Waals surface area contributed by atoms with Gasteiger partial charge in [0.15, 0.2) is 0 Å². The lowest BCUT2D eigenvalue weighted by molar-refractivity contribution is -0.162. The first kappa shape index (κ1) is 10.6. The summed E-state index contributed by atoms with van der Waals surface area (Å²) in [5, 5.41) is 17.0. The summed E-state index contributed by atoms with van der Waals surface area (Å²) >= 11 is 0. The molecule has 1 aromatic rings. The second-order valence-electron chi connectivity index (χ2n) is 2.61. The van der Waals surface area contributed by atoms with E-state index < -0.39 is 12.3 Å². The quantitative estimate of drug-likeness (QED) is 0.340. The van der Waals surface area contributed by atoms with Crippen molar-refractivity contribution >= 4 is 5.97 Å². The Kier molecular flexibility index (Phi) is 3.58. The summed E-state index contributed by atoms with van der Waals surface area (Å²) < 4.78 is 4.68. The van der Waals surface area contributed by atoms with Crippen molar-refractivity contribution in [3.05, 3.63) is 29.8 Å². The lowest BCUT2D eigenvalue weighted by atomic mass is 10.2. The van der Waals surface area contributed by atoms with Gasteiger partial charge in [-0.2, -0.15) is 0 Å².